The first kappa shape index (κ1) is 12.5. The molecule has 2 rings (SSSR count). The SMILES string of the molecule is CCC[C@@H]1C2C(CCC[C@H]2CC)CC[C@H]1C. The smallest absolute Gasteiger partial charge is 0.0327 e. The fraction of sp³-hybridized carbons (Fsp3) is 1.00. The van der Waals surface area contributed by atoms with Crippen molar-refractivity contribution in [2.45, 2.75) is 72.1 Å². The molecule has 2 unspecified atom stereocenters. The molecule has 5 atom stereocenters. The molecule has 2 aliphatic carbocycles. The molecule has 0 saturated heterocycles. The van der Waals surface area contributed by atoms with Gasteiger partial charge in [0.05, 0.1) is 0 Å². The van der Waals surface area contributed by atoms with Crippen LogP contribution in [-0.4, -0.2) is 0 Å². The Balaban J connectivity index is 2.11. The average Bonchev–Trinajstić information content (AvgIpc) is 2.32. The van der Waals surface area contributed by atoms with Gasteiger partial charge in [0.1, 0.15) is 0 Å². The highest BCUT2D eigenvalue weighted by Crippen LogP contribution is 2.51. The summed E-state index contributed by atoms with van der Waals surface area (Å²) in [5.41, 5.74) is 0. The maximum atomic E-state index is 2.53. The van der Waals surface area contributed by atoms with E-state index >= 15 is 0 Å². The van der Waals surface area contributed by atoms with Gasteiger partial charge < -0.3 is 0 Å². The molecule has 0 aromatic carbocycles. The zero-order chi connectivity index (χ0) is 11.5. The minimum Gasteiger partial charge on any atom is -0.0654 e. The Hall–Kier alpha value is 0. The van der Waals surface area contributed by atoms with Gasteiger partial charge in [-0.15, -0.1) is 0 Å². The molecule has 0 spiro atoms. The van der Waals surface area contributed by atoms with E-state index in [-0.39, 0.29) is 0 Å². The Labute approximate surface area is 102 Å². The second kappa shape index (κ2) is 5.56. The van der Waals surface area contributed by atoms with Gasteiger partial charge in [-0.3, -0.25) is 0 Å². The molecule has 0 heteroatoms. The highest BCUT2D eigenvalue weighted by molar-refractivity contribution is 4.91. The molecule has 0 bridgehead atoms. The van der Waals surface area contributed by atoms with Crippen LogP contribution in [0.5, 0.6) is 0 Å². The van der Waals surface area contributed by atoms with Gasteiger partial charge in [0.15, 0.2) is 0 Å². The summed E-state index contributed by atoms with van der Waals surface area (Å²) in [5.74, 6) is 5.34. The van der Waals surface area contributed by atoms with Gasteiger partial charge >= 0.3 is 0 Å². The molecule has 0 N–H and O–H groups in total. The molecular weight excluding hydrogens is 192 g/mol. The van der Waals surface area contributed by atoms with Gasteiger partial charge in [-0.05, 0) is 36.0 Å². The molecule has 2 saturated carbocycles. The van der Waals surface area contributed by atoms with Gasteiger partial charge in [0.2, 0.25) is 0 Å². The Morgan fingerprint density at radius 3 is 2.50 bits per heavy atom. The molecule has 0 nitrogen and oxygen atoms in total. The van der Waals surface area contributed by atoms with E-state index in [1.807, 2.05) is 0 Å². The third-order valence-electron chi connectivity index (χ3n) is 5.60. The lowest BCUT2D eigenvalue weighted by molar-refractivity contribution is 0.00932. The normalized spacial score (nSPS) is 44.1. The van der Waals surface area contributed by atoms with Gasteiger partial charge in [-0.25, -0.2) is 0 Å². The third kappa shape index (κ3) is 2.31. The van der Waals surface area contributed by atoms with Crippen LogP contribution >= 0.6 is 0 Å². The lowest BCUT2D eigenvalue weighted by atomic mass is 9.57. The van der Waals surface area contributed by atoms with Gasteiger partial charge in [-0.1, -0.05) is 65.7 Å². The van der Waals surface area contributed by atoms with Crippen molar-refractivity contribution in [3.8, 4) is 0 Å². The van der Waals surface area contributed by atoms with E-state index in [9.17, 15) is 0 Å². The summed E-state index contributed by atoms with van der Waals surface area (Å²) in [6.45, 7) is 7.33. The molecule has 0 heterocycles. The zero-order valence-corrected chi connectivity index (χ0v) is 11.5. The Morgan fingerprint density at radius 1 is 1.00 bits per heavy atom. The highest BCUT2D eigenvalue weighted by Gasteiger charge is 2.42. The van der Waals surface area contributed by atoms with Crippen LogP contribution < -0.4 is 0 Å². The summed E-state index contributed by atoms with van der Waals surface area (Å²) in [4.78, 5) is 0. The second-order valence-corrected chi connectivity index (χ2v) is 6.44. The summed E-state index contributed by atoms with van der Waals surface area (Å²) < 4.78 is 0. The third-order valence-corrected chi connectivity index (χ3v) is 5.60. The monoisotopic (exact) mass is 222 g/mol. The van der Waals surface area contributed by atoms with Crippen molar-refractivity contribution in [1.29, 1.82) is 0 Å². The molecular formula is C16H30. The van der Waals surface area contributed by atoms with Crippen LogP contribution in [0.15, 0.2) is 0 Å². The van der Waals surface area contributed by atoms with Gasteiger partial charge in [0.25, 0.3) is 0 Å². The van der Waals surface area contributed by atoms with E-state index in [4.69, 9.17) is 0 Å². The van der Waals surface area contributed by atoms with E-state index in [1.165, 1.54) is 38.5 Å². The molecule has 94 valence electrons. The molecule has 0 amide bonds. The topological polar surface area (TPSA) is 0 Å². The fourth-order valence-corrected chi connectivity index (χ4v) is 4.80. The van der Waals surface area contributed by atoms with Crippen LogP contribution in [0.1, 0.15) is 72.1 Å². The van der Waals surface area contributed by atoms with Crippen molar-refractivity contribution < 1.29 is 0 Å². The van der Waals surface area contributed by atoms with Crippen molar-refractivity contribution in [2.24, 2.45) is 29.6 Å². The molecule has 0 aromatic heterocycles. The second-order valence-electron chi connectivity index (χ2n) is 6.44. The number of rotatable bonds is 3. The quantitative estimate of drug-likeness (QED) is 0.610. The summed E-state index contributed by atoms with van der Waals surface area (Å²) in [6, 6.07) is 0. The van der Waals surface area contributed by atoms with Crippen LogP contribution in [0.25, 0.3) is 0 Å². The lowest BCUT2D eigenvalue weighted by Gasteiger charge is -2.49. The van der Waals surface area contributed by atoms with Crippen molar-refractivity contribution >= 4 is 0 Å². The molecule has 16 heavy (non-hydrogen) atoms. The summed E-state index contributed by atoms with van der Waals surface area (Å²) in [6.07, 6.45) is 12.0. The highest BCUT2D eigenvalue weighted by atomic mass is 14.5. The predicted octanol–water partition coefficient (Wildman–Crippen LogP) is 5.28. The standard InChI is InChI=1S/C16H30/c1-4-7-15-12(3)10-11-14-9-6-8-13(5-2)16(14)15/h12-16H,4-11H2,1-3H3/t12-,13-,14?,15+,16?/m1/s1. The van der Waals surface area contributed by atoms with Crippen molar-refractivity contribution in [3.05, 3.63) is 0 Å². The Morgan fingerprint density at radius 2 is 1.81 bits per heavy atom. The Bertz CT molecular complexity index is 202. The van der Waals surface area contributed by atoms with E-state index in [1.54, 1.807) is 12.8 Å². The van der Waals surface area contributed by atoms with E-state index in [2.05, 4.69) is 20.8 Å². The van der Waals surface area contributed by atoms with E-state index in [0.717, 1.165) is 29.6 Å². The first-order valence-corrected chi connectivity index (χ1v) is 7.77. The minimum absolute atomic E-state index is 1.01. The van der Waals surface area contributed by atoms with Crippen LogP contribution in [-0.2, 0) is 0 Å². The van der Waals surface area contributed by atoms with Gasteiger partial charge in [-0.2, -0.15) is 0 Å². The fourth-order valence-electron chi connectivity index (χ4n) is 4.80. The molecule has 2 aliphatic rings. The van der Waals surface area contributed by atoms with Gasteiger partial charge in [0, 0.05) is 0 Å². The molecule has 0 aromatic rings. The largest absolute Gasteiger partial charge is 0.0654 e. The number of hydrogen-bond acceptors (Lipinski definition) is 0. The number of hydrogen-bond donors (Lipinski definition) is 0. The van der Waals surface area contributed by atoms with E-state index < -0.39 is 0 Å². The molecule has 0 aliphatic heterocycles. The average molecular weight is 222 g/mol. The lowest BCUT2D eigenvalue weighted by Crippen LogP contribution is -2.40. The minimum atomic E-state index is 1.01. The summed E-state index contributed by atoms with van der Waals surface area (Å²) in [7, 11) is 0. The first-order chi connectivity index (χ1) is 7.77. The number of fused-ring (bicyclic) bond motifs is 1. The summed E-state index contributed by atoms with van der Waals surface area (Å²) in [5, 5.41) is 0. The van der Waals surface area contributed by atoms with Crippen molar-refractivity contribution in [1.82, 2.24) is 0 Å². The maximum Gasteiger partial charge on any atom is -0.0327 e. The van der Waals surface area contributed by atoms with Crippen LogP contribution in [0.2, 0.25) is 0 Å². The molecule has 2 fully saturated rings. The zero-order valence-electron chi connectivity index (χ0n) is 11.5. The van der Waals surface area contributed by atoms with E-state index in [0.29, 0.717) is 0 Å². The van der Waals surface area contributed by atoms with Crippen LogP contribution in [0, 0.1) is 29.6 Å². The first-order valence-electron chi connectivity index (χ1n) is 7.77. The summed E-state index contributed by atoms with van der Waals surface area (Å²) >= 11 is 0. The predicted molar refractivity (Wildman–Crippen MR) is 71.4 cm³/mol. The molecule has 0 radical (unpaired) electrons. The maximum absolute atomic E-state index is 2.53. The Kier molecular flexibility index (Phi) is 4.33. The van der Waals surface area contributed by atoms with Crippen LogP contribution in [0.4, 0.5) is 0 Å². The van der Waals surface area contributed by atoms with Crippen molar-refractivity contribution in [3.63, 3.8) is 0 Å². The van der Waals surface area contributed by atoms with Crippen molar-refractivity contribution in [2.75, 3.05) is 0 Å². The van der Waals surface area contributed by atoms with Crippen LogP contribution in [0.3, 0.4) is 0 Å².